The van der Waals surface area contributed by atoms with Crippen molar-refractivity contribution in [2.45, 2.75) is 192 Å². The van der Waals surface area contributed by atoms with Crippen LogP contribution in [0.15, 0.2) is 12.3 Å². The molecule has 16 nitrogen and oxygen atoms in total. The van der Waals surface area contributed by atoms with Gasteiger partial charge < -0.3 is 63.4 Å². The number of aliphatic hydroxyl groups is 4. The van der Waals surface area contributed by atoms with E-state index in [1.54, 1.807) is 55.4 Å². The van der Waals surface area contributed by atoms with Gasteiger partial charge in [0.25, 0.3) is 0 Å². The molecule has 0 radical (unpaired) electrons. The number of nitrogens with zero attached hydrogens (tertiary/aromatic N) is 2. The maximum absolute atomic E-state index is 14.4. The maximum atomic E-state index is 14.4. The van der Waals surface area contributed by atoms with Gasteiger partial charge in [-0.25, -0.2) is 4.79 Å². The number of amides is 1. The predicted molar refractivity (Wildman–Crippen MR) is 216 cm³/mol. The van der Waals surface area contributed by atoms with Gasteiger partial charge in [-0.05, 0) is 102 Å². The number of cyclic esters (lactones) is 1. The molecule has 3 aliphatic heterocycles. The number of hydrogen-bond acceptors (Lipinski definition) is 15. The van der Waals surface area contributed by atoms with Crippen molar-refractivity contribution in [3.05, 3.63) is 12.3 Å². The van der Waals surface area contributed by atoms with E-state index in [2.05, 4.69) is 11.9 Å². The molecule has 18 atom stereocenters. The molecule has 0 saturated carbocycles. The molecule has 3 aliphatic rings. The van der Waals surface area contributed by atoms with Crippen molar-refractivity contribution in [3.63, 3.8) is 0 Å². The summed E-state index contributed by atoms with van der Waals surface area (Å²) in [6.07, 6.45) is -9.38. The molecule has 0 aromatic heterocycles. The number of methoxy groups -OCH3 is 1. The van der Waals surface area contributed by atoms with Gasteiger partial charge in [0.1, 0.15) is 29.5 Å². The topological polar surface area (TPSA) is 198 Å². The Morgan fingerprint density at radius 2 is 1.64 bits per heavy atom. The molecule has 0 spiro atoms. The second kappa shape index (κ2) is 20.3. The Morgan fingerprint density at radius 1 is 1.02 bits per heavy atom. The lowest BCUT2D eigenvalue weighted by Crippen LogP contribution is -2.61. The number of alkyl carbamates (subject to hydrolysis) is 1. The van der Waals surface area contributed by atoms with E-state index in [9.17, 15) is 30.0 Å². The van der Waals surface area contributed by atoms with E-state index in [1.165, 1.54) is 14.0 Å². The molecule has 58 heavy (non-hydrogen) atoms. The molecule has 5 N–H and O–H groups in total. The van der Waals surface area contributed by atoms with Crippen LogP contribution in [-0.4, -0.2) is 167 Å². The smallest absolute Gasteiger partial charge is 0.411 e. The van der Waals surface area contributed by atoms with Crippen LogP contribution in [0.5, 0.6) is 0 Å². The molecule has 3 saturated heterocycles. The van der Waals surface area contributed by atoms with Gasteiger partial charge in [0.05, 0.1) is 35.9 Å². The van der Waals surface area contributed by atoms with Crippen molar-refractivity contribution in [2.24, 2.45) is 17.8 Å². The highest BCUT2D eigenvalue weighted by Gasteiger charge is 2.53. The first-order valence-corrected chi connectivity index (χ1v) is 20.9. The normalized spacial score (nSPS) is 45.4. The average molecular weight is 832 g/mol. The highest BCUT2D eigenvalue weighted by molar-refractivity contribution is 5.73. The number of allylic oxidation sites excluding steroid dienone is 1. The molecule has 0 aromatic carbocycles. The number of ether oxygens (including phenoxy) is 7. The Hall–Kier alpha value is -1.96. The third-order valence-electron chi connectivity index (χ3n) is 12.7. The molecule has 0 bridgehead atoms. The Balaban J connectivity index is 2.17. The summed E-state index contributed by atoms with van der Waals surface area (Å²) in [5.74, 6) is -2.75. The number of nitrogens with one attached hydrogen (secondary N) is 1. The first kappa shape index (κ1) is 50.4. The molecule has 0 unspecified atom stereocenters. The fraction of sp³-hybridized carbons (Fsp3) is 0.905. The van der Waals surface area contributed by atoms with Crippen LogP contribution in [0, 0.1) is 17.8 Å². The van der Waals surface area contributed by atoms with Gasteiger partial charge in [0.15, 0.2) is 18.7 Å². The predicted octanol–water partition coefficient (Wildman–Crippen LogP) is 3.17. The van der Waals surface area contributed by atoms with Crippen LogP contribution in [0.1, 0.15) is 102 Å². The van der Waals surface area contributed by atoms with Gasteiger partial charge in [-0.15, -0.1) is 0 Å². The minimum atomic E-state index is -1.83. The Bertz CT molecular complexity index is 1370. The van der Waals surface area contributed by atoms with Crippen molar-refractivity contribution in [3.8, 4) is 0 Å². The second-order valence-electron chi connectivity index (χ2n) is 18.5. The molecule has 338 valence electrons. The Kier molecular flexibility index (Phi) is 17.6. The average Bonchev–Trinajstić information content (AvgIpc) is 3.11. The summed E-state index contributed by atoms with van der Waals surface area (Å²) in [5, 5.41) is 50.1. The summed E-state index contributed by atoms with van der Waals surface area (Å²) in [4.78, 5) is 30.9. The third kappa shape index (κ3) is 11.9. The Labute approximate surface area is 346 Å². The quantitative estimate of drug-likeness (QED) is 0.212. The van der Waals surface area contributed by atoms with Crippen LogP contribution < -0.4 is 5.32 Å². The van der Waals surface area contributed by atoms with Gasteiger partial charge >= 0.3 is 12.1 Å². The van der Waals surface area contributed by atoms with Crippen LogP contribution in [0.4, 0.5) is 4.79 Å². The van der Waals surface area contributed by atoms with E-state index in [1.807, 2.05) is 44.8 Å². The number of aliphatic hydroxyl groups excluding tert-OH is 2. The second-order valence-corrected chi connectivity index (χ2v) is 18.5. The van der Waals surface area contributed by atoms with Crippen molar-refractivity contribution in [1.82, 2.24) is 15.1 Å². The van der Waals surface area contributed by atoms with E-state index < -0.39 is 102 Å². The van der Waals surface area contributed by atoms with Crippen LogP contribution >= 0.6 is 0 Å². The van der Waals surface area contributed by atoms with Crippen LogP contribution in [-0.2, 0) is 38.0 Å². The Morgan fingerprint density at radius 3 is 2.19 bits per heavy atom. The molecule has 16 heteroatoms. The van der Waals surface area contributed by atoms with Crippen LogP contribution in [0.3, 0.4) is 0 Å². The first-order chi connectivity index (χ1) is 26.7. The minimum Gasteiger partial charge on any atom is -0.459 e. The molecule has 1 amide bonds. The van der Waals surface area contributed by atoms with E-state index in [4.69, 9.17) is 33.2 Å². The summed E-state index contributed by atoms with van der Waals surface area (Å²) in [5.41, 5.74) is -4.14. The minimum absolute atomic E-state index is 0.0674. The van der Waals surface area contributed by atoms with Gasteiger partial charge in [0, 0.05) is 43.8 Å². The first-order valence-electron chi connectivity index (χ1n) is 20.9. The van der Waals surface area contributed by atoms with Gasteiger partial charge in [-0.1, -0.05) is 27.4 Å². The van der Waals surface area contributed by atoms with Crippen molar-refractivity contribution in [1.29, 1.82) is 0 Å². The van der Waals surface area contributed by atoms with Crippen molar-refractivity contribution in [2.75, 3.05) is 34.8 Å². The van der Waals surface area contributed by atoms with Crippen molar-refractivity contribution < 1.29 is 63.2 Å². The summed E-state index contributed by atoms with van der Waals surface area (Å²) >= 11 is 0. The molecule has 0 aliphatic carbocycles. The summed E-state index contributed by atoms with van der Waals surface area (Å²) in [6.45, 7) is 23.3. The number of esters is 1. The standard InChI is InChI=1S/C42H77N3O13/c1-17-30-42(12,51)34(47)27(8)45(15)21-23(4)19-40(10,50)35(57-38-32(46)29(44(13)14)18-24(5)53-38)25(6)33(26(7)37(48)55-30)56-31-20-41(11,52-16)36(28(9)54-31)58-39(49)43-22(2)3/h23-36,38,46-47,50-51H,2,17-21H2,1,3-16H3,(H,43,49)/t23-,24-,25+,26-,27-,28+,29+,30-,31+,32-,33+,34-,35-,36+,38+,40-,41-,42-/m1/s1. The third-order valence-corrected chi connectivity index (χ3v) is 12.7. The zero-order valence-corrected chi connectivity index (χ0v) is 37.8. The molecular formula is C42H77N3O13. The van der Waals surface area contributed by atoms with Crippen LogP contribution in [0.2, 0.25) is 0 Å². The van der Waals surface area contributed by atoms with Crippen LogP contribution in [0.25, 0.3) is 0 Å². The van der Waals surface area contributed by atoms with Gasteiger partial charge in [0.2, 0.25) is 0 Å². The summed E-state index contributed by atoms with van der Waals surface area (Å²) in [7, 11) is 7.08. The molecule has 3 fully saturated rings. The molecule has 3 heterocycles. The fourth-order valence-corrected chi connectivity index (χ4v) is 9.26. The lowest BCUT2D eigenvalue weighted by molar-refractivity contribution is -0.317. The SMILES string of the molecule is C=C(C)NC(=O)O[C@H]1[C@H](C)O[C@@H](O[C@H]2[C@H](C)[C@@H](O[C@@H]3O[C@H](C)C[C@H](N(C)C)[C@H]3O)[C@](C)(O)C[C@@H](C)CN(C)[C@H](C)[C@@H](O)[C@](C)(O)[C@@H](CC)OC(=O)[C@@H]2C)C[C@@]1(C)OC. The van der Waals surface area contributed by atoms with Gasteiger partial charge in [-0.2, -0.15) is 0 Å². The van der Waals surface area contributed by atoms with Crippen molar-refractivity contribution >= 4 is 12.1 Å². The number of carbonyl (C=O) groups excluding carboxylic acids is 2. The van der Waals surface area contributed by atoms with E-state index >= 15 is 0 Å². The maximum Gasteiger partial charge on any atom is 0.411 e. The molecule has 3 rings (SSSR count). The summed E-state index contributed by atoms with van der Waals surface area (Å²) in [6, 6.07) is -0.858. The zero-order chi connectivity index (χ0) is 44.2. The number of carbonyl (C=O) groups is 2. The van der Waals surface area contributed by atoms with E-state index in [0.717, 1.165) is 0 Å². The highest BCUT2D eigenvalue weighted by Crippen LogP contribution is 2.41. The number of hydrogen-bond donors (Lipinski definition) is 5. The van der Waals surface area contributed by atoms with E-state index in [-0.39, 0.29) is 37.3 Å². The largest absolute Gasteiger partial charge is 0.459 e. The molecule has 0 aromatic rings. The molecular weight excluding hydrogens is 754 g/mol. The number of likely N-dealkylation sites (N-methyl/N-ethyl adjacent to an activating group) is 2. The zero-order valence-electron chi connectivity index (χ0n) is 37.8. The lowest BCUT2D eigenvalue weighted by Gasteiger charge is -2.49. The highest BCUT2D eigenvalue weighted by atomic mass is 16.7. The fourth-order valence-electron chi connectivity index (χ4n) is 9.26. The monoisotopic (exact) mass is 832 g/mol. The summed E-state index contributed by atoms with van der Waals surface area (Å²) < 4.78 is 44.0. The van der Waals surface area contributed by atoms with E-state index in [0.29, 0.717) is 18.7 Å². The number of rotatable bonds is 9. The lowest BCUT2D eigenvalue weighted by atomic mass is 9.77. The van der Waals surface area contributed by atoms with Gasteiger partial charge in [-0.3, -0.25) is 10.1 Å².